The lowest BCUT2D eigenvalue weighted by molar-refractivity contribution is 0.554. The molecule has 0 aliphatic rings. The van der Waals surface area contributed by atoms with Gasteiger partial charge in [0.15, 0.2) is 5.82 Å². The summed E-state index contributed by atoms with van der Waals surface area (Å²) in [7, 11) is 0. The number of hydrogen-bond acceptors (Lipinski definition) is 3. The predicted octanol–water partition coefficient (Wildman–Crippen LogP) is 1.84. The molecule has 0 bridgehead atoms. The Hall–Kier alpha value is -1.58. The van der Waals surface area contributed by atoms with Crippen molar-refractivity contribution in [2.75, 3.05) is 5.73 Å². The first-order chi connectivity index (χ1) is 6.48. The van der Waals surface area contributed by atoms with Crippen LogP contribution in [0, 0.1) is 0 Å². The summed E-state index contributed by atoms with van der Waals surface area (Å²) in [4.78, 5) is 11.7. The number of aromatic nitrogens is 3. The van der Waals surface area contributed by atoms with Crippen molar-refractivity contribution < 1.29 is 0 Å². The number of nitrogens with one attached hydrogen (secondary N) is 1. The van der Waals surface area contributed by atoms with Gasteiger partial charge < -0.3 is 10.7 Å². The number of anilines is 1. The van der Waals surface area contributed by atoms with Gasteiger partial charge in [-0.3, -0.25) is 0 Å². The van der Waals surface area contributed by atoms with E-state index in [0.29, 0.717) is 5.82 Å². The summed E-state index contributed by atoms with van der Waals surface area (Å²) in [6.07, 6.45) is 1.68. The minimum absolute atomic E-state index is 0.00542. The Morgan fingerprint density at radius 2 is 2.07 bits per heavy atom. The number of nitrogens with two attached hydrogens (primary N) is 1. The third-order valence-corrected chi connectivity index (χ3v) is 2.14. The van der Waals surface area contributed by atoms with Crippen LogP contribution in [0.3, 0.4) is 0 Å². The SMILES string of the molecule is CC(C)(C)c1nc2c(N)nccc2[nH]1. The second kappa shape index (κ2) is 2.70. The molecule has 74 valence electrons. The minimum atomic E-state index is 0.00542. The van der Waals surface area contributed by atoms with Gasteiger partial charge in [-0.25, -0.2) is 9.97 Å². The predicted molar refractivity (Wildman–Crippen MR) is 57.0 cm³/mol. The first-order valence-corrected chi connectivity index (χ1v) is 4.59. The number of H-pyrrole nitrogens is 1. The highest BCUT2D eigenvalue weighted by molar-refractivity contribution is 5.84. The minimum Gasteiger partial charge on any atom is -0.382 e. The maximum absolute atomic E-state index is 5.72. The van der Waals surface area contributed by atoms with E-state index in [-0.39, 0.29) is 5.41 Å². The molecule has 0 fully saturated rings. The lowest BCUT2D eigenvalue weighted by Gasteiger charge is -2.13. The zero-order valence-corrected chi connectivity index (χ0v) is 8.63. The number of rotatable bonds is 0. The third kappa shape index (κ3) is 1.32. The molecular formula is C10H14N4. The summed E-state index contributed by atoms with van der Waals surface area (Å²) < 4.78 is 0. The van der Waals surface area contributed by atoms with Crippen LogP contribution in [0.4, 0.5) is 5.82 Å². The van der Waals surface area contributed by atoms with Gasteiger partial charge in [0.1, 0.15) is 11.3 Å². The van der Waals surface area contributed by atoms with Crippen LogP contribution >= 0.6 is 0 Å². The molecule has 2 aromatic heterocycles. The van der Waals surface area contributed by atoms with Crippen molar-refractivity contribution in [1.82, 2.24) is 15.0 Å². The highest BCUT2D eigenvalue weighted by Gasteiger charge is 2.18. The van der Waals surface area contributed by atoms with E-state index in [2.05, 4.69) is 35.7 Å². The standard InChI is InChI=1S/C10H14N4/c1-10(2,3)9-13-6-4-5-12-8(11)7(6)14-9/h4-5H,1-3H3,(H2,11,12)(H,13,14). The second-order valence-corrected chi connectivity index (χ2v) is 4.43. The lowest BCUT2D eigenvalue weighted by atomic mass is 9.96. The zero-order valence-electron chi connectivity index (χ0n) is 8.63. The fraction of sp³-hybridized carbons (Fsp3) is 0.400. The molecule has 0 aliphatic carbocycles. The van der Waals surface area contributed by atoms with E-state index < -0.39 is 0 Å². The first kappa shape index (κ1) is 8.99. The van der Waals surface area contributed by atoms with E-state index in [1.165, 1.54) is 0 Å². The molecule has 0 saturated heterocycles. The normalized spacial score (nSPS) is 12.2. The molecule has 2 rings (SSSR count). The number of nitrogen functional groups attached to an aromatic ring is 1. The van der Waals surface area contributed by atoms with Gasteiger partial charge in [0.25, 0.3) is 0 Å². The summed E-state index contributed by atoms with van der Waals surface area (Å²) in [5.41, 5.74) is 7.43. The van der Waals surface area contributed by atoms with Gasteiger partial charge in [0.2, 0.25) is 0 Å². The number of aromatic amines is 1. The van der Waals surface area contributed by atoms with Gasteiger partial charge in [-0.1, -0.05) is 20.8 Å². The number of pyridine rings is 1. The van der Waals surface area contributed by atoms with Gasteiger partial charge in [-0.2, -0.15) is 0 Å². The largest absolute Gasteiger partial charge is 0.382 e. The van der Waals surface area contributed by atoms with Crippen molar-refractivity contribution in [2.24, 2.45) is 0 Å². The number of hydrogen-bond donors (Lipinski definition) is 2. The third-order valence-electron chi connectivity index (χ3n) is 2.14. The molecule has 0 atom stereocenters. The van der Waals surface area contributed by atoms with Crippen LogP contribution in [0.5, 0.6) is 0 Å². The van der Waals surface area contributed by atoms with Gasteiger partial charge in [0.05, 0.1) is 5.52 Å². The van der Waals surface area contributed by atoms with E-state index in [4.69, 9.17) is 5.73 Å². The number of fused-ring (bicyclic) bond motifs is 1. The molecule has 0 saturated carbocycles. The van der Waals surface area contributed by atoms with Crippen LogP contribution in [0.15, 0.2) is 12.3 Å². The maximum atomic E-state index is 5.72. The van der Waals surface area contributed by atoms with Crippen LogP contribution in [0.25, 0.3) is 11.0 Å². The Bertz CT molecular complexity index is 464. The summed E-state index contributed by atoms with van der Waals surface area (Å²) in [6.45, 7) is 6.32. The molecule has 0 amide bonds. The fourth-order valence-corrected chi connectivity index (χ4v) is 1.31. The summed E-state index contributed by atoms with van der Waals surface area (Å²) in [5, 5.41) is 0. The van der Waals surface area contributed by atoms with E-state index in [1.807, 2.05) is 6.07 Å². The van der Waals surface area contributed by atoms with E-state index >= 15 is 0 Å². The van der Waals surface area contributed by atoms with Crippen molar-refractivity contribution in [1.29, 1.82) is 0 Å². The molecule has 2 aromatic rings. The van der Waals surface area contributed by atoms with Crippen LogP contribution in [0.2, 0.25) is 0 Å². The van der Waals surface area contributed by atoms with Gasteiger partial charge >= 0.3 is 0 Å². The summed E-state index contributed by atoms with van der Waals surface area (Å²) in [6, 6.07) is 1.88. The molecule has 3 N–H and O–H groups in total. The molecule has 2 heterocycles. The van der Waals surface area contributed by atoms with Crippen molar-refractivity contribution in [3.63, 3.8) is 0 Å². The van der Waals surface area contributed by atoms with Gasteiger partial charge in [-0.05, 0) is 6.07 Å². The van der Waals surface area contributed by atoms with E-state index in [0.717, 1.165) is 16.9 Å². The molecule has 0 unspecified atom stereocenters. The highest BCUT2D eigenvalue weighted by atomic mass is 15.0. The zero-order chi connectivity index (χ0) is 10.3. The first-order valence-electron chi connectivity index (χ1n) is 4.59. The average molecular weight is 190 g/mol. The quantitative estimate of drug-likeness (QED) is 0.666. The van der Waals surface area contributed by atoms with Crippen LogP contribution in [-0.2, 0) is 5.41 Å². The number of imidazole rings is 1. The van der Waals surface area contributed by atoms with Gasteiger partial charge in [0, 0.05) is 11.6 Å². The smallest absolute Gasteiger partial charge is 0.151 e. The molecule has 0 aromatic carbocycles. The molecule has 0 aliphatic heterocycles. The summed E-state index contributed by atoms with van der Waals surface area (Å²) >= 11 is 0. The molecular weight excluding hydrogens is 176 g/mol. The Balaban J connectivity index is 2.69. The Kier molecular flexibility index (Phi) is 1.74. The fourth-order valence-electron chi connectivity index (χ4n) is 1.31. The van der Waals surface area contributed by atoms with Crippen molar-refractivity contribution in [3.8, 4) is 0 Å². The highest BCUT2D eigenvalue weighted by Crippen LogP contribution is 2.23. The summed E-state index contributed by atoms with van der Waals surface area (Å²) in [5.74, 6) is 1.42. The Morgan fingerprint density at radius 3 is 2.64 bits per heavy atom. The average Bonchev–Trinajstić information content (AvgIpc) is 2.48. The monoisotopic (exact) mass is 190 g/mol. The van der Waals surface area contributed by atoms with Crippen LogP contribution < -0.4 is 5.73 Å². The van der Waals surface area contributed by atoms with Gasteiger partial charge in [-0.15, -0.1) is 0 Å². The van der Waals surface area contributed by atoms with Crippen molar-refractivity contribution >= 4 is 16.9 Å². The van der Waals surface area contributed by atoms with Crippen LogP contribution in [0.1, 0.15) is 26.6 Å². The molecule has 4 heteroatoms. The second-order valence-electron chi connectivity index (χ2n) is 4.43. The Labute approximate surface area is 82.6 Å². The Morgan fingerprint density at radius 1 is 1.36 bits per heavy atom. The van der Waals surface area contributed by atoms with E-state index in [9.17, 15) is 0 Å². The molecule has 0 radical (unpaired) electrons. The maximum Gasteiger partial charge on any atom is 0.151 e. The topological polar surface area (TPSA) is 67.6 Å². The van der Waals surface area contributed by atoms with Crippen molar-refractivity contribution in [2.45, 2.75) is 26.2 Å². The number of nitrogens with zero attached hydrogens (tertiary/aromatic N) is 2. The lowest BCUT2D eigenvalue weighted by Crippen LogP contribution is -2.13. The molecule has 0 spiro atoms. The van der Waals surface area contributed by atoms with Crippen LogP contribution in [-0.4, -0.2) is 15.0 Å². The van der Waals surface area contributed by atoms with Crippen molar-refractivity contribution in [3.05, 3.63) is 18.1 Å². The molecule has 14 heavy (non-hydrogen) atoms. The molecule has 4 nitrogen and oxygen atoms in total. The van der Waals surface area contributed by atoms with E-state index in [1.54, 1.807) is 6.20 Å².